The number of nitrogens with zero attached hydrogens (tertiary/aromatic N) is 3. The normalized spacial score (nSPS) is 10.5. The van der Waals surface area contributed by atoms with Crippen LogP contribution >= 0.6 is 0 Å². The summed E-state index contributed by atoms with van der Waals surface area (Å²) in [6.07, 6.45) is 1.45. The number of hydrogen-bond acceptors (Lipinski definition) is 7. The highest BCUT2D eigenvalue weighted by Crippen LogP contribution is 2.22. The molecule has 0 aliphatic rings. The van der Waals surface area contributed by atoms with Crippen molar-refractivity contribution in [2.75, 3.05) is 23.4 Å². The Balaban J connectivity index is 2.34. The molecule has 0 atom stereocenters. The number of amides is 1. The molecule has 24 heavy (non-hydrogen) atoms. The average molecular weight is 333 g/mol. The fourth-order valence-corrected chi connectivity index (χ4v) is 2.04. The van der Waals surface area contributed by atoms with Gasteiger partial charge in [0.25, 0.3) is 5.91 Å². The van der Waals surface area contributed by atoms with E-state index < -0.39 is 6.67 Å². The van der Waals surface area contributed by atoms with Crippen LogP contribution in [0.3, 0.4) is 0 Å². The SMILES string of the molecule is CNC(=O)c1cnc(Nc2cc(N)nc(CF)n2)cc1NC(C)C. The molecule has 9 heteroatoms. The number of rotatable bonds is 6. The van der Waals surface area contributed by atoms with E-state index in [1.807, 2.05) is 13.8 Å². The van der Waals surface area contributed by atoms with Crippen molar-refractivity contribution in [3.63, 3.8) is 0 Å². The van der Waals surface area contributed by atoms with Gasteiger partial charge < -0.3 is 21.7 Å². The lowest BCUT2D eigenvalue weighted by Crippen LogP contribution is -2.22. The van der Waals surface area contributed by atoms with Crippen LogP contribution in [0, 0.1) is 0 Å². The van der Waals surface area contributed by atoms with Crippen LogP contribution in [-0.2, 0) is 6.67 Å². The second kappa shape index (κ2) is 7.53. The van der Waals surface area contributed by atoms with E-state index in [9.17, 15) is 9.18 Å². The Morgan fingerprint density at radius 2 is 2.04 bits per heavy atom. The van der Waals surface area contributed by atoms with Crippen LogP contribution in [0.2, 0.25) is 0 Å². The number of halogens is 1. The Bertz CT molecular complexity index is 736. The smallest absolute Gasteiger partial charge is 0.254 e. The van der Waals surface area contributed by atoms with Crippen LogP contribution in [-0.4, -0.2) is 33.9 Å². The molecule has 1 amide bonds. The van der Waals surface area contributed by atoms with Gasteiger partial charge in [-0.25, -0.2) is 19.3 Å². The molecule has 0 saturated carbocycles. The summed E-state index contributed by atoms with van der Waals surface area (Å²) in [5.41, 5.74) is 6.66. The minimum atomic E-state index is -0.817. The highest BCUT2D eigenvalue weighted by molar-refractivity contribution is 5.99. The van der Waals surface area contributed by atoms with Gasteiger partial charge in [0.15, 0.2) is 5.82 Å². The van der Waals surface area contributed by atoms with E-state index in [0.29, 0.717) is 22.9 Å². The third-order valence-electron chi connectivity index (χ3n) is 2.99. The van der Waals surface area contributed by atoms with Crippen LogP contribution < -0.4 is 21.7 Å². The monoisotopic (exact) mass is 333 g/mol. The van der Waals surface area contributed by atoms with E-state index in [1.165, 1.54) is 12.3 Å². The fraction of sp³-hybridized carbons (Fsp3) is 0.333. The molecule has 0 spiro atoms. The lowest BCUT2D eigenvalue weighted by Gasteiger charge is -2.15. The Kier molecular flexibility index (Phi) is 5.46. The van der Waals surface area contributed by atoms with Crippen molar-refractivity contribution in [1.29, 1.82) is 0 Å². The number of anilines is 4. The number of nitrogens with two attached hydrogens (primary N) is 1. The fourth-order valence-electron chi connectivity index (χ4n) is 2.04. The van der Waals surface area contributed by atoms with Gasteiger partial charge in [-0.3, -0.25) is 4.79 Å². The van der Waals surface area contributed by atoms with Crippen molar-refractivity contribution in [2.24, 2.45) is 0 Å². The summed E-state index contributed by atoms with van der Waals surface area (Å²) < 4.78 is 12.7. The summed E-state index contributed by atoms with van der Waals surface area (Å²) in [5.74, 6) is 0.658. The molecule has 0 aliphatic carbocycles. The summed E-state index contributed by atoms with van der Waals surface area (Å²) in [6, 6.07) is 3.28. The predicted octanol–water partition coefficient (Wildman–Crippen LogP) is 1.85. The zero-order valence-corrected chi connectivity index (χ0v) is 13.7. The third-order valence-corrected chi connectivity index (χ3v) is 2.99. The summed E-state index contributed by atoms with van der Waals surface area (Å²) >= 11 is 0. The highest BCUT2D eigenvalue weighted by atomic mass is 19.1. The van der Waals surface area contributed by atoms with E-state index >= 15 is 0 Å². The minimum Gasteiger partial charge on any atom is -0.384 e. The molecule has 0 radical (unpaired) electrons. The molecule has 0 unspecified atom stereocenters. The number of carbonyl (C=O) groups excluding carboxylic acids is 1. The van der Waals surface area contributed by atoms with E-state index in [4.69, 9.17) is 5.73 Å². The first kappa shape index (κ1) is 17.4. The number of pyridine rings is 1. The maximum atomic E-state index is 12.7. The number of alkyl halides is 1. The maximum Gasteiger partial charge on any atom is 0.254 e. The molecule has 0 aromatic carbocycles. The van der Waals surface area contributed by atoms with Crippen molar-refractivity contribution in [1.82, 2.24) is 20.3 Å². The highest BCUT2D eigenvalue weighted by Gasteiger charge is 2.13. The molecular weight excluding hydrogens is 313 g/mol. The summed E-state index contributed by atoms with van der Waals surface area (Å²) in [4.78, 5) is 23.9. The topological polar surface area (TPSA) is 118 Å². The van der Waals surface area contributed by atoms with Crippen LogP contribution in [0.1, 0.15) is 30.0 Å². The molecule has 2 rings (SSSR count). The number of aromatic nitrogens is 3. The zero-order valence-electron chi connectivity index (χ0n) is 13.7. The molecule has 0 fully saturated rings. The van der Waals surface area contributed by atoms with Crippen molar-refractivity contribution in [3.05, 3.63) is 29.7 Å². The number of carbonyl (C=O) groups is 1. The minimum absolute atomic E-state index is 0.0139. The molecule has 2 heterocycles. The van der Waals surface area contributed by atoms with Gasteiger partial charge in [-0.05, 0) is 13.8 Å². The van der Waals surface area contributed by atoms with Gasteiger partial charge in [0, 0.05) is 31.4 Å². The lowest BCUT2D eigenvalue weighted by atomic mass is 10.2. The average Bonchev–Trinajstić information content (AvgIpc) is 2.53. The van der Waals surface area contributed by atoms with Gasteiger partial charge in [0.05, 0.1) is 11.3 Å². The summed E-state index contributed by atoms with van der Waals surface area (Å²) in [6.45, 7) is 3.10. The predicted molar refractivity (Wildman–Crippen MR) is 90.9 cm³/mol. The number of nitrogens with one attached hydrogen (secondary N) is 3. The van der Waals surface area contributed by atoms with Gasteiger partial charge in [0.1, 0.15) is 24.1 Å². The van der Waals surface area contributed by atoms with Gasteiger partial charge in [-0.1, -0.05) is 0 Å². The van der Waals surface area contributed by atoms with Crippen molar-refractivity contribution in [3.8, 4) is 0 Å². The van der Waals surface area contributed by atoms with Gasteiger partial charge in [-0.15, -0.1) is 0 Å². The Morgan fingerprint density at radius 1 is 1.29 bits per heavy atom. The molecule has 0 aliphatic heterocycles. The molecule has 2 aromatic heterocycles. The Labute approximate surface area is 139 Å². The zero-order chi connectivity index (χ0) is 17.7. The first-order valence-electron chi connectivity index (χ1n) is 7.38. The molecule has 128 valence electrons. The second-order valence-corrected chi connectivity index (χ2v) is 5.35. The standard InChI is InChI=1S/C15H20FN7O/c1-8(2)20-10-4-12(19-7-9(10)15(24)18-3)22-13-5-11(17)21-14(6-16)23-13/h4-5,7-8H,6H2,1-3H3,(H,18,24)(H4,17,19,20,21,22,23). The maximum absolute atomic E-state index is 12.7. The lowest BCUT2D eigenvalue weighted by molar-refractivity contribution is 0.0963. The first-order valence-corrected chi connectivity index (χ1v) is 7.38. The van der Waals surface area contributed by atoms with Crippen LogP contribution in [0.25, 0.3) is 0 Å². The van der Waals surface area contributed by atoms with E-state index in [1.54, 1.807) is 13.1 Å². The third kappa shape index (κ3) is 4.28. The van der Waals surface area contributed by atoms with Crippen LogP contribution in [0.15, 0.2) is 18.3 Å². The molecular formula is C15H20FN7O. The quantitative estimate of drug-likeness (QED) is 0.637. The number of nitrogen functional groups attached to an aromatic ring is 1. The molecule has 8 nitrogen and oxygen atoms in total. The van der Waals surface area contributed by atoms with E-state index in [-0.39, 0.29) is 23.6 Å². The van der Waals surface area contributed by atoms with E-state index in [0.717, 1.165) is 0 Å². The van der Waals surface area contributed by atoms with E-state index in [2.05, 4.69) is 30.9 Å². The largest absolute Gasteiger partial charge is 0.384 e. The second-order valence-electron chi connectivity index (χ2n) is 5.35. The summed E-state index contributed by atoms with van der Waals surface area (Å²) in [5, 5.41) is 8.70. The van der Waals surface area contributed by atoms with Crippen LogP contribution in [0.4, 0.5) is 27.5 Å². The van der Waals surface area contributed by atoms with Gasteiger partial charge >= 0.3 is 0 Å². The molecule has 2 aromatic rings. The van der Waals surface area contributed by atoms with Crippen molar-refractivity contribution in [2.45, 2.75) is 26.6 Å². The molecule has 5 N–H and O–H groups in total. The molecule has 0 saturated heterocycles. The van der Waals surface area contributed by atoms with Gasteiger partial charge in [0.2, 0.25) is 0 Å². The Hall–Kier alpha value is -2.97. The Morgan fingerprint density at radius 3 is 2.67 bits per heavy atom. The van der Waals surface area contributed by atoms with Crippen LogP contribution in [0.5, 0.6) is 0 Å². The van der Waals surface area contributed by atoms with Gasteiger partial charge in [-0.2, -0.15) is 0 Å². The summed E-state index contributed by atoms with van der Waals surface area (Å²) in [7, 11) is 1.55. The number of hydrogen-bond donors (Lipinski definition) is 4. The van der Waals surface area contributed by atoms with Crippen molar-refractivity contribution >= 4 is 29.0 Å². The molecule has 0 bridgehead atoms. The first-order chi connectivity index (χ1) is 11.4. The van der Waals surface area contributed by atoms with Crippen molar-refractivity contribution < 1.29 is 9.18 Å².